The maximum Gasteiger partial charge on any atom is 0.226 e. The van der Waals surface area contributed by atoms with Crippen molar-refractivity contribution in [3.05, 3.63) is 35.6 Å². The minimum atomic E-state index is 0.0872. The third-order valence-electron chi connectivity index (χ3n) is 5.03. The summed E-state index contributed by atoms with van der Waals surface area (Å²) in [5, 5.41) is 6.18. The molecule has 5 heteroatoms. The number of hydrogen-bond acceptors (Lipinski definition) is 4. The van der Waals surface area contributed by atoms with E-state index in [2.05, 4.69) is 36.1 Å². The summed E-state index contributed by atoms with van der Waals surface area (Å²) in [4.78, 5) is 21.3. The molecule has 2 aromatic heterocycles. The van der Waals surface area contributed by atoms with Crippen LogP contribution in [0.15, 0.2) is 29.9 Å². The molecule has 2 atom stereocenters. The third-order valence-corrected chi connectivity index (χ3v) is 5.97. The lowest BCUT2D eigenvalue weighted by Crippen LogP contribution is -2.47. The molecule has 4 nitrogen and oxygen atoms in total. The summed E-state index contributed by atoms with van der Waals surface area (Å²) in [6.07, 6.45) is 8.68. The first-order valence-electron chi connectivity index (χ1n) is 9.07. The summed E-state index contributed by atoms with van der Waals surface area (Å²) in [5.41, 5.74) is 2.07. The lowest BCUT2D eigenvalue weighted by atomic mass is 9.69. The van der Waals surface area contributed by atoms with Gasteiger partial charge in [-0.25, -0.2) is 4.98 Å². The fraction of sp³-hybridized carbons (Fsp3) is 0.550. The van der Waals surface area contributed by atoms with Crippen molar-refractivity contribution < 1.29 is 4.79 Å². The number of carbonyl (C=O) groups is 1. The number of rotatable bonds is 4. The molecule has 1 aliphatic rings. The Kier molecular flexibility index (Phi) is 5.52. The van der Waals surface area contributed by atoms with Gasteiger partial charge < -0.3 is 5.32 Å². The van der Waals surface area contributed by atoms with Gasteiger partial charge in [0.05, 0.1) is 12.1 Å². The number of nitrogens with zero attached hydrogens (tertiary/aromatic N) is 2. The number of amides is 1. The van der Waals surface area contributed by atoms with Gasteiger partial charge >= 0.3 is 0 Å². The highest BCUT2D eigenvalue weighted by Gasteiger charge is 2.34. The van der Waals surface area contributed by atoms with Crippen LogP contribution >= 0.6 is 11.3 Å². The Bertz CT molecular complexity index is 705. The van der Waals surface area contributed by atoms with E-state index >= 15 is 0 Å². The summed E-state index contributed by atoms with van der Waals surface area (Å²) >= 11 is 1.56. The predicted octanol–water partition coefficient (Wildman–Crippen LogP) is 4.47. The van der Waals surface area contributed by atoms with Gasteiger partial charge in [0.2, 0.25) is 5.91 Å². The third kappa shape index (κ3) is 4.66. The van der Waals surface area contributed by atoms with Crippen LogP contribution in [0.25, 0.3) is 10.6 Å². The monoisotopic (exact) mass is 357 g/mol. The molecule has 2 aromatic rings. The van der Waals surface area contributed by atoms with E-state index in [1.54, 1.807) is 23.7 Å². The fourth-order valence-electron chi connectivity index (χ4n) is 3.77. The zero-order chi connectivity index (χ0) is 17.9. The maximum absolute atomic E-state index is 12.5. The molecule has 134 valence electrons. The van der Waals surface area contributed by atoms with E-state index in [9.17, 15) is 4.79 Å². The largest absolute Gasteiger partial charge is 0.353 e. The minimum absolute atomic E-state index is 0.0872. The van der Waals surface area contributed by atoms with E-state index in [0.29, 0.717) is 12.3 Å². The molecule has 0 radical (unpaired) electrons. The first-order valence-corrected chi connectivity index (χ1v) is 9.95. The normalized spacial score (nSPS) is 21.1. The molecule has 1 saturated carbocycles. The van der Waals surface area contributed by atoms with Gasteiger partial charge in [-0.05, 0) is 36.3 Å². The molecule has 25 heavy (non-hydrogen) atoms. The minimum Gasteiger partial charge on any atom is -0.353 e. The highest BCUT2D eigenvalue weighted by Crippen LogP contribution is 2.38. The van der Waals surface area contributed by atoms with Crippen LogP contribution < -0.4 is 5.32 Å². The van der Waals surface area contributed by atoms with Gasteiger partial charge in [-0.3, -0.25) is 9.78 Å². The van der Waals surface area contributed by atoms with Crippen molar-refractivity contribution in [2.45, 2.75) is 58.9 Å². The second-order valence-electron chi connectivity index (χ2n) is 7.99. The van der Waals surface area contributed by atoms with Crippen LogP contribution in [0.4, 0.5) is 0 Å². The Morgan fingerprint density at radius 3 is 2.84 bits per heavy atom. The summed E-state index contributed by atoms with van der Waals surface area (Å²) in [7, 11) is 0. The highest BCUT2D eigenvalue weighted by molar-refractivity contribution is 7.13. The van der Waals surface area contributed by atoms with Crippen LogP contribution in [-0.4, -0.2) is 21.9 Å². The molecule has 0 bridgehead atoms. The number of nitrogens with one attached hydrogen (secondary N) is 1. The molecule has 1 fully saturated rings. The Morgan fingerprint density at radius 1 is 1.32 bits per heavy atom. The first-order chi connectivity index (χ1) is 11.9. The topological polar surface area (TPSA) is 54.9 Å². The summed E-state index contributed by atoms with van der Waals surface area (Å²) in [6.45, 7) is 6.84. The van der Waals surface area contributed by atoms with Crippen molar-refractivity contribution >= 4 is 17.2 Å². The van der Waals surface area contributed by atoms with Crippen molar-refractivity contribution in [1.82, 2.24) is 15.3 Å². The smallest absolute Gasteiger partial charge is 0.226 e. The SMILES string of the molecule is CC(C)(C)C1CCCCC1NC(=O)Cc1csc(-c2cccnc2)n1. The number of aromatic nitrogens is 2. The molecule has 1 amide bonds. The Morgan fingerprint density at radius 2 is 2.12 bits per heavy atom. The van der Waals surface area contributed by atoms with Crippen LogP contribution in [0, 0.1) is 11.3 Å². The average molecular weight is 358 g/mol. The molecule has 1 aliphatic carbocycles. The van der Waals surface area contributed by atoms with Crippen LogP contribution in [0.5, 0.6) is 0 Å². The van der Waals surface area contributed by atoms with Crippen molar-refractivity contribution in [2.24, 2.45) is 11.3 Å². The highest BCUT2D eigenvalue weighted by atomic mass is 32.1. The zero-order valence-corrected chi connectivity index (χ0v) is 16.1. The quantitative estimate of drug-likeness (QED) is 0.878. The number of pyridine rings is 1. The van der Waals surface area contributed by atoms with Crippen molar-refractivity contribution in [3.63, 3.8) is 0 Å². The van der Waals surface area contributed by atoms with Crippen LogP contribution in [0.3, 0.4) is 0 Å². The Labute approximate surface area is 154 Å². The number of thiazole rings is 1. The van der Waals surface area contributed by atoms with Crippen molar-refractivity contribution in [2.75, 3.05) is 0 Å². The zero-order valence-electron chi connectivity index (χ0n) is 15.3. The van der Waals surface area contributed by atoms with E-state index in [1.165, 1.54) is 19.3 Å². The van der Waals surface area contributed by atoms with Gasteiger partial charge in [0.25, 0.3) is 0 Å². The van der Waals surface area contributed by atoms with Gasteiger partial charge in [-0.1, -0.05) is 33.6 Å². The van der Waals surface area contributed by atoms with E-state index in [-0.39, 0.29) is 17.4 Å². The fourth-order valence-corrected chi connectivity index (χ4v) is 4.58. The molecule has 0 aromatic carbocycles. The standard InChI is InChI=1S/C20H27N3OS/c1-20(2,3)16-8-4-5-9-17(16)23-18(24)11-15-13-25-19(22-15)14-7-6-10-21-12-14/h6-7,10,12-13,16-17H,4-5,8-9,11H2,1-3H3,(H,23,24). The number of carbonyl (C=O) groups excluding carboxylic acids is 1. The maximum atomic E-state index is 12.5. The second kappa shape index (κ2) is 7.65. The van der Waals surface area contributed by atoms with Gasteiger partial charge in [0, 0.05) is 29.4 Å². The summed E-state index contributed by atoms with van der Waals surface area (Å²) in [6, 6.07) is 4.18. The second-order valence-corrected chi connectivity index (χ2v) is 8.85. The molecule has 0 spiro atoms. The molecular formula is C20H27N3OS. The van der Waals surface area contributed by atoms with Crippen LogP contribution in [-0.2, 0) is 11.2 Å². The lowest BCUT2D eigenvalue weighted by Gasteiger charge is -2.40. The van der Waals surface area contributed by atoms with Gasteiger partial charge in [0.15, 0.2) is 0 Å². The molecule has 2 unspecified atom stereocenters. The molecule has 2 heterocycles. The Balaban J connectivity index is 1.62. The van der Waals surface area contributed by atoms with Crippen molar-refractivity contribution in [1.29, 1.82) is 0 Å². The van der Waals surface area contributed by atoms with E-state index in [4.69, 9.17) is 0 Å². The lowest BCUT2D eigenvalue weighted by molar-refractivity contribution is -0.122. The molecular weight excluding hydrogens is 330 g/mol. The summed E-state index contributed by atoms with van der Waals surface area (Å²) in [5.74, 6) is 0.635. The molecule has 0 saturated heterocycles. The van der Waals surface area contributed by atoms with Gasteiger partial charge in [0.1, 0.15) is 5.01 Å². The van der Waals surface area contributed by atoms with E-state index in [0.717, 1.165) is 22.7 Å². The Hall–Kier alpha value is -1.75. The molecule has 1 N–H and O–H groups in total. The van der Waals surface area contributed by atoms with E-state index < -0.39 is 0 Å². The average Bonchev–Trinajstić information content (AvgIpc) is 3.03. The van der Waals surface area contributed by atoms with Crippen LogP contribution in [0.2, 0.25) is 0 Å². The molecule has 0 aliphatic heterocycles. The number of hydrogen-bond donors (Lipinski definition) is 1. The molecule has 3 rings (SSSR count). The van der Waals surface area contributed by atoms with Crippen molar-refractivity contribution in [3.8, 4) is 10.6 Å². The summed E-state index contributed by atoms with van der Waals surface area (Å²) < 4.78 is 0. The van der Waals surface area contributed by atoms with Gasteiger partial charge in [-0.2, -0.15) is 0 Å². The first kappa shape index (κ1) is 18.1. The predicted molar refractivity (Wildman–Crippen MR) is 102 cm³/mol. The van der Waals surface area contributed by atoms with Gasteiger partial charge in [-0.15, -0.1) is 11.3 Å². The van der Waals surface area contributed by atoms with E-state index in [1.807, 2.05) is 17.5 Å². The van der Waals surface area contributed by atoms with Crippen LogP contribution in [0.1, 0.15) is 52.1 Å².